The first-order valence-corrected chi connectivity index (χ1v) is 9.02. The van der Waals surface area contributed by atoms with Crippen molar-refractivity contribution in [3.05, 3.63) is 54.1 Å². The zero-order valence-corrected chi connectivity index (χ0v) is 15.7. The Labute approximate surface area is 167 Å². The maximum absolute atomic E-state index is 12.5. The fourth-order valence-corrected chi connectivity index (χ4v) is 2.96. The second kappa shape index (κ2) is 8.54. The van der Waals surface area contributed by atoms with Crippen molar-refractivity contribution in [3.63, 3.8) is 0 Å². The molecule has 0 saturated carbocycles. The first-order valence-electron chi connectivity index (χ1n) is 9.02. The Bertz CT molecular complexity index is 959. The van der Waals surface area contributed by atoms with E-state index in [9.17, 15) is 14.4 Å². The lowest BCUT2D eigenvalue weighted by Crippen LogP contribution is -2.69. The number of barbiturate groups is 1. The van der Waals surface area contributed by atoms with Crippen LogP contribution in [0.4, 0.5) is 4.79 Å². The van der Waals surface area contributed by atoms with Crippen LogP contribution in [0.1, 0.15) is 18.9 Å². The van der Waals surface area contributed by atoms with Gasteiger partial charge in [-0.15, -0.1) is 0 Å². The van der Waals surface area contributed by atoms with E-state index in [-0.39, 0.29) is 18.8 Å². The number of carbonyl (C=O) groups excluding carboxylic acids is 3. The minimum Gasteiger partial charge on any atom is -0.467 e. The van der Waals surface area contributed by atoms with Gasteiger partial charge in [-0.3, -0.25) is 20.2 Å². The summed E-state index contributed by atoms with van der Waals surface area (Å²) < 4.78 is 11.1. The summed E-state index contributed by atoms with van der Waals surface area (Å²) in [4.78, 5) is 36.4. The first-order chi connectivity index (χ1) is 14.0. The Hall–Kier alpha value is -3.70. The highest BCUT2D eigenvalue weighted by atomic mass is 16.5. The number of hydrogen-bond acceptors (Lipinski definition) is 6. The van der Waals surface area contributed by atoms with Gasteiger partial charge in [-0.25, -0.2) is 4.79 Å². The molecule has 4 amide bonds. The molecular weight excluding hydrogens is 374 g/mol. The number of nitrogens with one attached hydrogen (secondary N) is 2. The third-order valence-electron chi connectivity index (χ3n) is 4.46. The molecule has 0 unspecified atom stereocenters. The van der Waals surface area contributed by atoms with E-state index in [0.717, 1.165) is 11.1 Å². The van der Waals surface area contributed by atoms with Gasteiger partial charge in [0.2, 0.25) is 0 Å². The average molecular weight is 393 g/mol. The van der Waals surface area contributed by atoms with Crippen LogP contribution in [-0.4, -0.2) is 36.7 Å². The van der Waals surface area contributed by atoms with E-state index >= 15 is 0 Å². The summed E-state index contributed by atoms with van der Waals surface area (Å²) in [6, 6.07) is 15.1. The van der Waals surface area contributed by atoms with Gasteiger partial charge in [-0.05, 0) is 42.3 Å². The second-order valence-corrected chi connectivity index (χ2v) is 6.33. The number of benzene rings is 2. The number of urea groups is 1. The molecule has 0 atom stereocenters. The van der Waals surface area contributed by atoms with Gasteiger partial charge in [0, 0.05) is 13.0 Å². The third kappa shape index (κ3) is 4.25. The Morgan fingerprint density at radius 1 is 1.00 bits per heavy atom. The Morgan fingerprint density at radius 3 is 2.31 bits per heavy atom. The number of hydrogen-bond donors (Lipinski definition) is 2. The zero-order chi connectivity index (χ0) is 20.9. The molecular formula is C21H19N3O5. The Morgan fingerprint density at radius 2 is 1.69 bits per heavy atom. The summed E-state index contributed by atoms with van der Waals surface area (Å²) in [6.45, 7) is 2.30. The van der Waals surface area contributed by atoms with Gasteiger partial charge in [-0.2, -0.15) is 5.26 Å². The summed E-state index contributed by atoms with van der Waals surface area (Å²) in [5, 5.41) is 13.2. The van der Waals surface area contributed by atoms with E-state index in [4.69, 9.17) is 14.7 Å². The number of amides is 4. The van der Waals surface area contributed by atoms with E-state index in [1.807, 2.05) is 6.07 Å². The zero-order valence-electron chi connectivity index (χ0n) is 15.7. The Kier molecular flexibility index (Phi) is 5.90. The van der Waals surface area contributed by atoms with Gasteiger partial charge in [0.15, 0.2) is 0 Å². The summed E-state index contributed by atoms with van der Waals surface area (Å²) in [6.07, 6.45) is -0.0578. The molecule has 1 fully saturated rings. The van der Waals surface area contributed by atoms with Gasteiger partial charge >= 0.3 is 6.03 Å². The number of nitrogens with zero attached hydrogens (tertiary/aromatic N) is 1. The van der Waals surface area contributed by atoms with Gasteiger partial charge in [-0.1, -0.05) is 24.3 Å². The molecule has 0 spiro atoms. The fraction of sp³-hybridized carbons (Fsp3) is 0.238. The number of carbonyl (C=O) groups is 3. The van der Waals surface area contributed by atoms with Crippen LogP contribution < -0.4 is 15.4 Å². The van der Waals surface area contributed by atoms with Crippen LogP contribution in [-0.2, 0) is 14.3 Å². The Balaban J connectivity index is 1.86. The highest BCUT2D eigenvalue weighted by molar-refractivity contribution is 6.21. The molecule has 0 bridgehead atoms. The van der Waals surface area contributed by atoms with E-state index in [1.165, 1.54) is 0 Å². The lowest BCUT2D eigenvalue weighted by molar-refractivity contribution is -0.153. The van der Waals surface area contributed by atoms with Gasteiger partial charge in [0.1, 0.15) is 5.75 Å². The van der Waals surface area contributed by atoms with Crippen LogP contribution in [0.15, 0.2) is 48.5 Å². The minimum absolute atomic E-state index is 0.0578. The molecule has 2 N–H and O–H groups in total. The molecule has 2 aromatic rings. The van der Waals surface area contributed by atoms with E-state index in [1.54, 1.807) is 49.4 Å². The number of rotatable bonds is 7. The second-order valence-electron chi connectivity index (χ2n) is 6.33. The molecule has 148 valence electrons. The molecule has 1 aliphatic heterocycles. The number of imide groups is 2. The predicted molar refractivity (Wildman–Crippen MR) is 103 cm³/mol. The summed E-state index contributed by atoms with van der Waals surface area (Å²) in [5.74, 6) is -1.39. The molecule has 3 rings (SSSR count). The molecule has 29 heavy (non-hydrogen) atoms. The number of ether oxygens (including phenoxy) is 2. The third-order valence-corrected chi connectivity index (χ3v) is 4.46. The van der Waals surface area contributed by atoms with Gasteiger partial charge < -0.3 is 9.47 Å². The molecule has 0 radical (unpaired) electrons. The van der Waals surface area contributed by atoms with Crippen molar-refractivity contribution in [1.82, 2.24) is 10.6 Å². The van der Waals surface area contributed by atoms with E-state index in [2.05, 4.69) is 16.7 Å². The molecule has 1 aliphatic rings. The average Bonchev–Trinajstić information content (AvgIpc) is 2.72. The molecule has 8 heteroatoms. The summed E-state index contributed by atoms with van der Waals surface area (Å²) >= 11 is 0. The fourth-order valence-electron chi connectivity index (χ4n) is 2.96. The highest BCUT2D eigenvalue weighted by Crippen LogP contribution is 2.28. The van der Waals surface area contributed by atoms with E-state index in [0.29, 0.717) is 12.2 Å². The van der Waals surface area contributed by atoms with Crippen molar-refractivity contribution in [2.45, 2.75) is 18.9 Å². The van der Waals surface area contributed by atoms with Crippen molar-refractivity contribution >= 4 is 17.8 Å². The van der Waals surface area contributed by atoms with Crippen LogP contribution in [0.5, 0.6) is 5.75 Å². The van der Waals surface area contributed by atoms with Crippen molar-refractivity contribution in [2.75, 3.05) is 13.2 Å². The van der Waals surface area contributed by atoms with Crippen LogP contribution in [0, 0.1) is 11.3 Å². The molecule has 1 heterocycles. The van der Waals surface area contributed by atoms with Crippen molar-refractivity contribution in [3.8, 4) is 22.9 Å². The van der Waals surface area contributed by atoms with Crippen molar-refractivity contribution in [1.29, 1.82) is 5.26 Å². The predicted octanol–water partition coefficient (Wildman–Crippen LogP) is 2.14. The topological polar surface area (TPSA) is 118 Å². The molecule has 2 aromatic carbocycles. The first kappa shape index (κ1) is 20.0. The van der Waals surface area contributed by atoms with E-state index < -0.39 is 23.4 Å². The highest BCUT2D eigenvalue weighted by Gasteiger charge is 2.52. The standard InChI is InChI=1S/C21H19N3O5/c1-2-28-11-10-21(18(25)23-20(27)24-19(21)26)29-17-8-6-15(7-9-17)16-5-3-4-14(12-16)13-22/h3-9,12H,2,10-11H2,1H3,(H2,23,24,25,26,27). The monoisotopic (exact) mass is 393 g/mol. The van der Waals surface area contributed by atoms with Crippen LogP contribution >= 0.6 is 0 Å². The normalized spacial score (nSPS) is 15.2. The molecule has 1 saturated heterocycles. The number of nitriles is 1. The molecule has 0 aromatic heterocycles. The maximum Gasteiger partial charge on any atom is 0.328 e. The lowest BCUT2D eigenvalue weighted by atomic mass is 9.95. The molecule has 8 nitrogen and oxygen atoms in total. The summed E-state index contributed by atoms with van der Waals surface area (Å²) in [5.41, 5.74) is 0.314. The van der Waals surface area contributed by atoms with Gasteiger partial charge in [0.05, 0.1) is 18.2 Å². The van der Waals surface area contributed by atoms with Crippen LogP contribution in [0.25, 0.3) is 11.1 Å². The quantitative estimate of drug-likeness (QED) is 0.550. The lowest BCUT2D eigenvalue weighted by Gasteiger charge is -2.34. The van der Waals surface area contributed by atoms with Crippen molar-refractivity contribution in [2.24, 2.45) is 0 Å². The van der Waals surface area contributed by atoms with Crippen LogP contribution in [0.2, 0.25) is 0 Å². The SMILES string of the molecule is CCOCCC1(Oc2ccc(-c3cccc(C#N)c3)cc2)C(=O)NC(=O)NC1=O. The van der Waals surface area contributed by atoms with Crippen LogP contribution in [0.3, 0.4) is 0 Å². The summed E-state index contributed by atoms with van der Waals surface area (Å²) in [7, 11) is 0. The molecule has 0 aliphatic carbocycles. The van der Waals surface area contributed by atoms with Gasteiger partial charge in [0.25, 0.3) is 17.4 Å². The maximum atomic E-state index is 12.5. The minimum atomic E-state index is -1.91. The largest absolute Gasteiger partial charge is 0.467 e. The smallest absolute Gasteiger partial charge is 0.328 e. The van der Waals surface area contributed by atoms with Crippen molar-refractivity contribution < 1.29 is 23.9 Å².